The first-order chi connectivity index (χ1) is 11.1. The Bertz CT molecular complexity index is 752. The highest BCUT2D eigenvalue weighted by molar-refractivity contribution is 7.99. The van der Waals surface area contributed by atoms with Crippen molar-refractivity contribution in [2.75, 3.05) is 12.4 Å². The number of thioether (sulfide) groups is 1. The fraction of sp³-hybridized carbons (Fsp3) is 0.400. The van der Waals surface area contributed by atoms with Gasteiger partial charge in [-0.3, -0.25) is 9.36 Å². The molecule has 1 aromatic carbocycles. The zero-order valence-corrected chi connectivity index (χ0v) is 13.1. The van der Waals surface area contributed by atoms with Gasteiger partial charge in [-0.1, -0.05) is 23.9 Å². The van der Waals surface area contributed by atoms with Crippen LogP contribution in [0.4, 0.5) is 4.39 Å². The number of rotatable bonds is 6. The number of aromatic nitrogens is 3. The summed E-state index contributed by atoms with van der Waals surface area (Å²) < 4.78 is 20.2. The normalized spacial score (nSPS) is 17.5. The number of halogens is 1. The lowest BCUT2D eigenvalue weighted by Gasteiger charge is -2.10. The van der Waals surface area contributed by atoms with Gasteiger partial charge < -0.3 is 4.74 Å². The highest BCUT2D eigenvalue weighted by Crippen LogP contribution is 2.19. The molecular formula is C15H16FN3O3S. The van der Waals surface area contributed by atoms with Crippen molar-refractivity contribution in [2.24, 2.45) is 0 Å². The summed E-state index contributed by atoms with van der Waals surface area (Å²) in [6, 6.07) is 5.55. The molecule has 0 radical (unpaired) electrons. The van der Waals surface area contributed by atoms with Gasteiger partial charge >= 0.3 is 5.69 Å². The molecule has 1 atom stereocenters. The Balaban J connectivity index is 1.66. The van der Waals surface area contributed by atoms with E-state index in [4.69, 9.17) is 4.74 Å². The van der Waals surface area contributed by atoms with E-state index in [1.54, 1.807) is 6.07 Å². The fourth-order valence-corrected chi connectivity index (χ4v) is 3.29. The van der Waals surface area contributed by atoms with Crippen LogP contribution in [0, 0.1) is 5.82 Å². The number of H-pyrrole nitrogens is 1. The fourth-order valence-electron chi connectivity index (χ4n) is 2.44. The molecule has 2 heterocycles. The molecule has 0 unspecified atom stereocenters. The van der Waals surface area contributed by atoms with Gasteiger partial charge in [-0.2, -0.15) is 0 Å². The molecule has 1 fully saturated rings. The smallest absolute Gasteiger partial charge is 0.344 e. The molecule has 0 bridgehead atoms. The number of carbonyl (C=O) groups excluding carboxylic acids is 1. The second-order valence-corrected chi connectivity index (χ2v) is 6.22. The summed E-state index contributed by atoms with van der Waals surface area (Å²) in [7, 11) is 0. The first-order valence-electron chi connectivity index (χ1n) is 7.32. The number of hydrogen-bond donors (Lipinski definition) is 1. The van der Waals surface area contributed by atoms with E-state index in [9.17, 15) is 14.0 Å². The number of nitrogens with zero attached hydrogens (tertiary/aromatic N) is 2. The summed E-state index contributed by atoms with van der Waals surface area (Å²) in [4.78, 5) is 23.9. The Morgan fingerprint density at radius 3 is 3.13 bits per heavy atom. The van der Waals surface area contributed by atoms with Crippen molar-refractivity contribution in [1.29, 1.82) is 0 Å². The first-order valence-corrected chi connectivity index (χ1v) is 8.30. The van der Waals surface area contributed by atoms with Gasteiger partial charge in [-0.05, 0) is 25.0 Å². The van der Waals surface area contributed by atoms with Gasteiger partial charge in [0.15, 0.2) is 10.9 Å². The Labute approximate surface area is 136 Å². The van der Waals surface area contributed by atoms with Crippen LogP contribution in [-0.4, -0.2) is 39.0 Å². The molecule has 122 valence electrons. The molecule has 1 aliphatic rings. The van der Waals surface area contributed by atoms with Crippen molar-refractivity contribution in [3.05, 3.63) is 46.1 Å². The minimum atomic E-state index is -0.448. The molecule has 0 saturated carbocycles. The molecule has 1 N–H and O–H groups in total. The average molecular weight is 337 g/mol. The van der Waals surface area contributed by atoms with Gasteiger partial charge in [0, 0.05) is 12.2 Å². The molecule has 0 spiro atoms. The third kappa shape index (κ3) is 3.89. The van der Waals surface area contributed by atoms with Crippen molar-refractivity contribution in [2.45, 2.75) is 30.6 Å². The highest BCUT2D eigenvalue weighted by atomic mass is 32.2. The SMILES string of the molecule is O=C(CSc1n[nH]c(=O)n1C[C@@H]1CCCO1)c1cccc(F)c1. The molecule has 23 heavy (non-hydrogen) atoms. The average Bonchev–Trinajstić information content (AvgIpc) is 3.17. The third-order valence-corrected chi connectivity index (χ3v) is 4.59. The lowest BCUT2D eigenvalue weighted by Crippen LogP contribution is -2.25. The molecule has 1 saturated heterocycles. The number of ketones is 1. The first kappa shape index (κ1) is 15.9. The standard InChI is InChI=1S/C15H16FN3O3S/c16-11-4-1-3-10(7-11)13(20)9-23-15-18-17-14(21)19(15)8-12-5-2-6-22-12/h1,3-4,7,12H,2,5-6,8-9H2,(H,17,21)/t12-/m0/s1. The van der Waals surface area contributed by atoms with E-state index in [0.29, 0.717) is 23.9 Å². The minimum Gasteiger partial charge on any atom is -0.376 e. The van der Waals surface area contributed by atoms with E-state index in [2.05, 4.69) is 10.2 Å². The summed E-state index contributed by atoms with van der Waals surface area (Å²) in [5.41, 5.74) is -0.0118. The Morgan fingerprint density at radius 2 is 2.39 bits per heavy atom. The maximum atomic E-state index is 13.1. The zero-order valence-electron chi connectivity index (χ0n) is 12.3. The Morgan fingerprint density at radius 1 is 1.52 bits per heavy atom. The number of carbonyl (C=O) groups is 1. The van der Waals surface area contributed by atoms with Crippen LogP contribution in [0.25, 0.3) is 0 Å². The molecule has 1 aromatic heterocycles. The molecule has 0 aliphatic carbocycles. The highest BCUT2D eigenvalue weighted by Gasteiger charge is 2.20. The summed E-state index contributed by atoms with van der Waals surface area (Å²) >= 11 is 1.15. The van der Waals surface area contributed by atoms with E-state index in [1.807, 2.05) is 0 Å². The number of hydrogen-bond acceptors (Lipinski definition) is 5. The predicted molar refractivity (Wildman–Crippen MR) is 83.3 cm³/mol. The van der Waals surface area contributed by atoms with Crippen LogP contribution >= 0.6 is 11.8 Å². The molecular weight excluding hydrogens is 321 g/mol. The number of benzene rings is 1. The number of ether oxygens (including phenoxy) is 1. The van der Waals surface area contributed by atoms with E-state index in [0.717, 1.165) is 24.6 Å². The molecule has 1 aliphatic heterocycles. The van der Waals surface area contributed by atoms with Gasteiger partial charge in [-0.15, -0.1) is 5.10 Å². The van der Waals surface area contributed by atoms with Crippen LogP contribution in [0.3, 0.4) is 0 Å². The van der Waals surface area contributed by atoms with Gasteiger partial charge in [0.05, 0.1) is 18.4 Å². The van der Waals surface area contributed by atoms with Gasteiger partial charge in [0.1, 0.15) is 5.82 Å². The van der Waals surface area contributed by atoms with E-state index < -0.39 is 5.82 Å². The van der Waals surface area contributed by atoms with Crippen molar-refractivity contribution >= 4 is 17.5 Å². The van der Waals surface area contributed by atoms with Crippen LogP contribution in [0.5, 0.6) is 0 Å². The van der Waals surface area contributed by atoms with Crippen molar-refractivity contribution in [1.82, 2.24) is 14.8 Å². The monoisotopic (exact) mass is 337 g/mol. The Kier molecular flexibility index (Phi) is 4.92. The summed E-state index contributed by atoms with van der Waals surface area (Å²) in [5.74, 6) is -0.580. The number of nitrogens with one attached hydrogen (secondary N) is 1. The van der Waals surface area contributed by atoms with Gasteiger partial charge in [0.2, 0.25) is 0 Å². The van der Waals surface area contributed by atoms with Crippen LogP contribution in [0.15, 0.2) is 34.2 Å². The van der Waals surface area contributed by atoms with Crippen LogP contribution in [-0.2, 0) is 11.3 Å². The van der Waals surface area contributed by atoms with Crippen molar-refractivity contribution < 1.29 is 13.9 Å². The van der Waals surface area contributed by atoms with Crippen molar-refractivity contribution in [3.8, 4) is 0 Å². The Hall–Kier alpha value is -1.93. The van der Waals surface area contributed by atoms with E-state index in [-0.39, 0.29) is 23.3 Å². The van der Waals surface area contributed by atoms with E-state index in [1.165, 1.54) is 22.8 Å². The predicted octanol–water partition coefficient (Wildman–Crippen LogP) is 1.86. The van der Waals surface area contributed by atoms with Crippen LogP contribution in [0.1, 0.15) is 23.2 Å². The van der Waals surface area contributed by atoms with E-state index >= 15 is 0 Å². The number of aromatic amines is 1. The minimum absolute atomic E-state index is 0.00331. The van der Waals surface area contributed by atoms with Crippen LogP contribution in [0.2, 0.25) is 0 Å². The molecule has 6 nitrogen and oxygen atoms in total. The van der Waals surface area contributed by atoms with Gasteiger partial charge in [-0.25, -0.2) is 14.3 Å². The van der Waals surface area contributed by atoms with Crippen molar-refractivity contribution in [3.63, 3.8) is 0 Å². The lowest BCUT2D eigenvalue weighted by atomic mass is 10.1. The molecule has 3 rings (SSSR count). The second-order valence-electron chi connectivity index (χ2n) is 5.28. The molecule has 8 heteroatoms. The maximum absolute atomic E-state index is 13.1. The zero-order chi connectivity index (χ0) is 16.2. The summed E-state index contributed by atoms with van der Waals surface area (Å²) in [6.45, 7) is 1.13. The lowest BCUT2D eigenvalue weighted by molar-refractivity contribution is 0.0941. The maximum Gasteiger partial charge on any atom is 0.344 e. The third-order valence-electron chi connectivity index (χ3n) is 3.61. The topological polar surface area (TPSA) is 77.0 Å². The summed E-state index contributed by atoms with van der Waals surface area (Å²) in [5, 5.41) is 6.78. The quantitative estimate of drug-likeness (QED) is 0.643. The second kappa shape index (κ2) is 7.10. The van der Waals surface area contributed by atoms with Gasteiger partial charge in [0.25, 0.3) is 0 Å². The largest absolute Gasteiger partial charge is 0.376 e. The van der Waals surface area contributed by atoms with Crippen LogP contribution < -0.4 is 5.69 Å². The molecule has 0 amide bonds. The summed E-state index contributed by atoms with van der Waals surface area (Å²) in [6.07, 6.45) is 1.89. The molecule has 2 aromatic rings. The number of Topliss-reactive ketones (excluding diaryl/α,β-unsaturated/α-hetero) is 1.